The van der Waals surface area contributed by atoms with E-state index in [1.165, 1.54) is 0 Å². The van der Waals surface area contributed by atoms with Crippen molar-refractivity contribution < 1.29 is 13.9 Å². The topological polar surface area (TPSA) is 78.3 Å². The molecule has 0 spiro atoms. The fourth-order valence-corrected chi connectivity index (χ4v) is 3.38. The van der Waals surface area contributed by atoms with E-state index in [1.807, 2.05) is 54.6 Å². The standard InChI is InChI=1S/C25H22N2O3/c1-17-21(19-8-3-2-4-9-19)11-6-12-22(17)23-15-27-25(30-23)20-10-5-7-18(13-20)16-29-24(28)14-26/h2-13,15H,14,16,26H2,1H3. The van der Waals surface area contributed by atoms with Crippen molar-refractivity contribution in [3.63, 3.8) is 0 Å². The lowest BCUT2D eigenvalue weighted by atomic mass is 9.96. The summed E-state index contributed by atoms with van der Waals surface area (Å²) in [5, 5.41) is 0. The van der Waals surface area contributed by atoms with Crippen LogP contribution < -0.4 is 5.73 Å². The molecule has 0 unspecified atom stereocenters. The first-order valence-electron chi connectivity index (χ1n) is 9.72. The molecule has 2 N–H and O–H groups in total. The number of oxazole rings is 1. The Morgan fingerprint density at radius 2 is 1.70 bits per heavy atom. The molecule has 5 heteroatoms. The smallest absolute Gasteiger partial charge is 0.320 e. The maximum absolute atomic E-state index is 11.3. The highest BCUT2D eigenvalue weighted by molar-refractivity contribution is 5.76. The number of hydrogen-bond donors (Lipinski definition) is 1. The van der Waals surface area contributed by atoms with Gasteiger partial charge in [-0.05, 0) is 41.3 Å². The number of rotatable bonds is 6. The molecule has 0 saturated heterocycles. The second-order valence-corrected chi connectivity index (χ2v) is 6.94. The number of carbonyl (C=O) groups is 1. The molecule has 1 aromatic heterocycles. The summed E-state index contributed by atoms with van der Waals surface area (Å²) in [5.74, 6) is 0.786. The van der Waals surface area contributed by atoms with Crippen LogP contribution in [0.1, 0.15) is 11.1 Å². The molecule has 0 saturated carbocycles. The third-order valence-corrected chi connectivity index (χ3v) is 4.93. The van der Waals surface area contributed by atoms with Gasteiger partial charge in [-0.25, -0.2) is 4.98 Å². The zero-order chi connectivity index (χ0) is 20.9. The zero-order valence-electron chi connectivity index (χ0n) is 16.7. The molecular weight excluding hydrogens is 376 g/mol. The van der Waals surface area contributed by atoms with E-state index in [0.29, 0.717) is 11.7 Å². The Morgan fingerprint density at radius 3 is 2.50 bits per heavy atom. The van der Waals surface area contributed by atoms with Gasteiger partial charge in [0, 0.05) is 11.1 Å². The Labute approximate surface area is 175 Å². The quantitative estimate of drug-likeness (QED) is 0.463. The van der Waals surface area contributed by atoms with Gasteiger partial charge in [0.15, 0.2) is 5.76 Å². The summed E-state index contributed by atoms with van der Waals surface area (Å²) in [4.78, 5) is 15.7. The van der Waals surface area contributed by atoms with Crippen LogP contribution in [0.4, 0.5) is 0 Å². The van der Waals surface area contributed by atoms with Crippen LogP contribution in [0.3, 0.4) is 0 Å². The number of esters is 1. The van der Waals surface area contributed by atoms with Crippen LogP contribution in [0.25, 0.3) is 33.9 Å². The molecule has 1 heterocycles. The number of aromatic nitrogens is 1. The van der Waals surface area contributed by atoms with Crippen molar-refractivity contribution in [2.45, 2.75) is 13.5 Å². The number of nitrogens with two attached hydrogens (primary N) is 1. The van der Waals surface area contributed by atoms with E-state index in [-0.39, 0.29) is 13.2 Å². The van der Waals surface area contributed by atoms with Gasteiger partial charge in [-0.1, -0.05) is 60.7 Å². The van der Waals surface area contributed by atoms with Gasteiger partial charge in [0.2, 0.25) is 5.89 Å². The van der Waals surface area contributed by atoms with Gasteiger partial charge in [-0.15, -0.1) is 0 Å². The third kappa shape index (κ3) is 4.16. The van der Waals surface area contributed by atoms with Crippen LogP contribution in [-0.4, -0.2) is 17.5 Å². The zero-order valence-corrected chi connectivity index (χ0v) is 16.7. The molecule has 0 bridgehead atoms. The molecule has 0 amide bonds. The molecule has 0 atom stereocenters. The van der Waals surface area contributed by atoms with E-state index in [2.05, 4.69) is 30.1 Å². The lowest BCUT2D eigenvalue weighted by Crippen LogP contribution is -2.16. The normalized spacial score (nSPS) is 10.7. The SMILES string of the molecule is Cc1c(-c2ccccc2)cccc1-c1cnc(-c2cccc(COC(=O)CN)c2)o1. The van der Waals surface area contributed by atoms with Crippen molar-refractivity contribution in [2.75, 3.05) is 6.54 Å². The maximum atomic E-state index is 11.3. The van der Waals surface area contributed by atoms with Crippen LogP contribution in [0.5, 0.6) is 0 Å². The summed E-state index contributed by atoms with van der Waals surface area (Å²) < 4.78 is 11.2. The second kappa shape index (κ2) is 8.76. The van der Waals surface area contributed by atoms with Crippen LogP contribution in [-0.2, 0) is 16.1 Å². The van der Waals surface area contributed by atoms with E-state index >= 15 is 0 Å². The van der Waals surface area contributed by atoms with Crippen molar-refractivity contribution >= 4 is 5.97 Å². The lowest BCUT2D eigenvalue weighted by molar-refractivity contribution is -0.143. The van der Waals surface area contributed by atoms with Gasteiger partial charge < -0.3 is 14.9 Å². The highest BCUT2D eigenvalue weighted by Gasteiger charge is 2.13. The predicted octanol–water partition coefficient (Wildman–Crippen LogP) is 4.99. The van der Waals surface area contributed by atoms with E-state index < -0.39 is 5.97 Å². The lowest BCUT2D eigenvalue weighted by Gasteiger charge is -2.09. The molecule has 4 rings (SSSR count). The van der Waals surface area contributed by atoms with Gasteiger partial charge in [0.1, 0.15) is 6.61 Å². The van der Waals surface area contributed by atoms with Crippen LogP contribution in [0.15, 0.2) is 83.4 Å². The Kier molecular flexibility index (Phi) is 5.72. The van der Waals surface area contributed by atoms with E-state index in [1.54, 1.807) is 6.20 Å². The van der Waals surface area contributed by atoms with Gasteiger partial charge in [0.25, 0.3) is 0 Å². The highest BCUT2D eigenvalue weighted by Crippen LogP contribution is 2.33. The average Bonchev–Trinajstić information content (AvgIpc) is 3.28. The summed E-state index contributed by atoms with van der Waals surface area (Å²) in [5.41, 5.74) is 11.4. The van der Waals surface area contributed by atoms with Crippen molar-refractivity contribution in [1.29, 1.82) is 0 Å². The fraction of sp³-hybridized carbons (Fsp3) is 0.120. The van der Waals surface area contributed by atoms with E-state index in [9.17, 15) is 4.79 Å². The van der Waals surface area contributed by atoms with Crippen molar-refractivity contribution in [2.24, 2.45) is 5.73 Å². The van der Waals surface area contributed by atoms with Crippen LogP contribution in [0.2, 0.25) is 0 Å². The van der Waals surface area contributed by atoms with Crippen molar-refractivity contribution in [3.8, 4) is 33.9 Å². The van der Waals surface area contributed by atoms with Gasteiger partial charge in [0.05, 0.1) is 12.7 Å². The molecule has 0 aliphatic heterocycles. The molecule has 0 aliphatic carbocycles. The first-order valence-corrected chi connectivity index (χ1v) is 9.72. The largest absolute Gasteiger partial charge is 0.460 e. The van der Waals surface area contributed by atoms with Crippen LogP contribution in [0, 0.1) is 6.92 Å². The minimum Gasteiger partial charge on any atom is -0.460 e. The molecule has 3 aromatic carbocycles. The summed E-state index contributed by atoms with van der Waals surface area (Å²) in [6.07, 6.45) is 1.74. The minimum absolute atomic E-state index is 0.135. The van der Waals surface area contributed by atoms with Crippen molar-refractivity contribution in [1.82, 2.24) is 4.98 Å². The first-order chi connectivity index (χ1) is 14.7. The Bertz CT molecular complexity index is 1170. The maximum Gasteiger partial charge on any atom is 0.320 e. The first kappa shape index (κ1) is 19.6. The number of carbonyl (C=O) groups excluding carboxylic acids is 1. The second-order valence-electron chi connectivity index (χ2n) is 6.94. The Morgan fingerprint density at radius 1 is 0.967 bits per heavy atom. The monoisotopic (exact) mass is 398 g/mol. The van der Waals surface area contributed by atoms with Gasteiger partial charge in [-0.2, -0.15) is 0 Å². The van der Waals surface area contributed by atoms with E-state index in [4.69, 9.17) is 14.9 Å². The summed E-state index contributed by atoms with van der Waals surface area (Å²) in [6.45, 7) is 2.12. The highest BCUT2D eigenvalue weighted by atomic mass is 16.5. The molecule has 150 valence electrons. The minimum atomic E-state index is -0.437. The number of benzene rings is 3. The van der Waals surface area contributed by atoms with Gasteiger partial charge in [-0.3, -0.25) is 4.79 Å². The Balaban J connectivity index is 1.62. The summed E-state index contributed by atoms with van der Waals surface area (Å²) in [6, 6.07) is 24.0. The molecule has 5 nitrogen and oxygen atoms in total. The van der Waals surface area contributed by atoms with Crippen molar-refractivity contribution in [3.05, 3.63) is 90.1 Å². The van der Waals surface area contributed by atoms with E-state index in [0.717, 1.165) is 33.4 Å². The number of nitrogens with zero attached hydrogens (tertiary/aromatic N) is 1. The predicted molar refractivity (Wildman–Crippen MR) is 116 cm³/mol. The average molecular weight is 398 g/mol. The van der Waals surface area contributed by atoms with Gasteiger partial charge >= 0.3 is 5.97 Å². The summed E-state index contributed by atoms with van der Waals surface area (Å²) >= 11 is 0. The molecule has 30 heavy (non-hydrogen) atoms. The molecule has 0 radical (unpaired) electrons. The molecule has 0 fully saturated rings. The summed E-state index contributed by atoms with van der Waals surface area (Å²) in [7, 11) is 0. The number of ether oxygens (including phenoxy) is 1. The third-order valence-electron chi connectivity index (χ3n) is 4.93. The fourth-order valence-electron chi connectivity index (χ4n) is 3.38. The van der Waals surface area contributed by atoms with Crippen LogP contribution >= 0.6 is 0 Å². The Hall–Kier alpha value is -3.70. The number of hydrogen-bond acceptors (Lipinski definition) is 5. The molecule has 0 aliphatic rings. The molecular formula is C25H22N2O3. The molecule has 4 aromatic rings.